The van der Waals surface area contributed by atoms with Gasteiger partial charge in [0.05, 0.1) is 11.1 Å². The highest BCUT2D eigenvalue weighted by Gasteiger charge is 2.66. The van der Waals surface area contributed by atoms with Crippen LogP contribution in [0.15, 0.2) is 67.4 Å². The summed E-state index contributed by atoms with van der Waals surface area (Å²) < 4.78 is 0. The van der Waals surface area contributed by atoms with Crippen LogP contribution in [0.1, 0.15) is 19.5 Å². The van der Waals surface area contributed by atoms with Gasteiger partial charge in [-0.15, -0.1) is 6.58 Å². The lowest BCUT2D eigenvalue weighted by molar-refractivity contribution is -0.141. The van der Waals surface area contributed by atoms with E-state index in [1.165, 1.54) is 0 Å². The van der Waals surface area contributed by atoms with Crippen molar-refractivity contribution in [2.75, 3.05) is 4.90 Å². The Balaban J connectivity index is 2.17. The van der Waals surface area contributed by atoms with E-state index in [9.17, 15) is 4.79 Å². The van der Waals surface area contributed by atoms with Crippen molar-refractivity contribution in [3.63, 3.8) is 0 Å². The SMILES string of the molecule is C=C[C@@]1(C)C(=O)N(c2ccccc2)[C@]1(C)c1ccccn1. The maximum atomic E-state index is 12.7. The van der Waals surface area contributed by atoms with E-state index >= 15 is 0 Å². The van der Waals surface area contributed by atoms with E-state index in [-0.39, 0.29) is 5.91 Å². The van der Waals surface area contributed by atoms with E-state index < -0.39 is 11.0 Å². The zero-order chi connectivity index (χ0) is 15.1. The van der Waals surface area contributed by atoms with Gasteiger partial charge in [0.25, 0.3) is 0 Å². The van der Waals surface area contributed by atoms with Crippen molar-refractivity contribution in [1.82, 2.24) is 4.98 Å². The zero-order valence-electron chi connectivity index (χ0n) is 12.3. The molecule has 1 aliphatic heterocycles. The average molecular weight is 278 g/mol. The minimum Gasteiger partial charge on any atom is -0.299 e. The fraction of sp³-hybridized carbons (Fsp3) is 0.222. The van der Waals surface area contributed by atoms with E-state index in [1.807, 2.05) is 67.3 Å². The van der Waals surface area contributed by atoms with Gasteiger partial charge in [0.15, 0.2) is 0 Å². The summed E-state index contributed by atoms with van der Waals surface area (Å²) in [5.74, 6) is 0.0526. The third kappa shape index (κ3) is 1.60. The molecule has 3 heteroatoms. The van der Waals surface area contributed by atoms with E-state index in [4.69, 9.17) is 0 Å². The van der Waals surface area contributed by atoms with Crippen molar-refractivity contribution in [2.45, 2.75) is 19.4 Å². The lowest BCUT2D eigenvalue weighted by Crippen LogP contribution is -2.73. The van der Waals surface area contributed by atoms with Crippen molar-refractivity contribution < 1.29 is 4.79 Å². The molecule has 1 aromatic heterocycles. The Morgan fingerprint density at radius 3 is 2.33 bits per heavy atom. The molecule has 0 saturated carbocycles. The number of benzene rings is 1. The second-order valence-corrected chi connectivity index (χ2v) is 5.67. The van der Waals surface area contributed by atoms with Crippen LogP contribution in [-0.4, -0.2) is 10.9 Å². The molecule has 2 atom stereocenters. The molecule has 2 heterocycles. The van der Waals surface area contributed by atoms with Crippen molar-refractivity contribution in [3.05, 3.63) is 73.1 Å². The summed E-state index contributed by atoms with van der Waals surface area (Å²) in [6, 6.07) is 15.5. The number of anilines is 1. The zero-order valence-corrected chi connectivity index (χ0v) is 12.3. The first-order valence-electron chi connectivity index (χ1n) is 7.00. The van der Waals surface area contributed by atoms with E-state index in [2.05, 4.69) is 11.6 Å². The maximum absolute atomic E-state index is 12.7. The summed E-state index contributed by atoms with van der Waals surface area (Å²) in [6.45, 7) is 7.85. The molecule has 0 aliphatic carbocycles. The number of para-hydroxylation sites is 1. The highest BCUT2D eigenvalue weighted by molar-refractivity contribution is 6.08. The molecule has 0 N–H and O–H groups in total. The third-order valence-corrected chi connectivity index (χ3v) is 4.69. The highest BCUT2D eigenvalue weighted by Crippen LogP contribution is 2.56. The maximum Gasteiger partial charge on any atom is 0.240 e. The van der Waals surface area contributed by atoms with E-state index in [0.29, 0.717) is 0 Å². The first kappa shape index (κ1) is 13.6. The monoisotopic (exact) mass is 278 g/mol. The van der Waals surface area contributed by atoms with Crippen molar-refractivity contribution in [2.24, 2.45) is 5.41 Å². The van der Waals surface area contributed by atoms with Gasteiger partial charge in [-0.25, -0.2) is 0 Å². The molecule has 106 valence electrons. The number of carbonyl (C=O) groups is 1. The Morgan fingerprint density at radius 2 is 1.76 bits per heavy atom. The summed E-state index contributed by atoms with van der Waals surface area (Å²) in [7, 11) is 0. The number of rotatable bonds is 3. The van der Waals surface area contributed by atoms with Gasteiger partial charge in [-0.05, 0) is 38.1 Å². The number of hydrogen-bond acceptors (Lipinski definition) is 2. The Bertz CT molecular complexity index is 683. The van der Waals surface area contributed by atoms with Gasteiger partial charge in [0.2, 0.25) is 5.91 Å². The topological polar surface area (TPSA) is 33.2 Å². The summed E-state index contributed by atoms with van der Waals surface area (Å²) >= 11 is 0. The molecule has 21 heavy (non-hydrogen) atoms. The molecule has 1 aliphatic rings. The number of hydrogen-bond donors (Lipinski definition) is 0. The minimum atomic E-state index is -0.656. The van der Waals surface area contributed by atoms with Gasteiger partial charge in [0.1, 0.15) is 5.54 Å². The molecule has 1 saturated heterocycles. The first-order valence-corrected chi connectivity index (χ1v) is 7.00. The van der Waals surface area contributed by atoms with Gasteiger partial charge >= 0.3 is 0 Å². The van der Waals surface area contributed by atoms with Crippen LogP contribution in [0.3, 0.4) is 0 Å². The number of carbonyl (C=O) groups excluding carboxylic acids is 1. The number of aromatic nitrogens is 1. The first-order chi connectivity index (χ1) is 10.1. The Morgan fingerprint density at radius 1 is 1.10 bits per heavy atom. The molecule has 2 aromatic rings. The van der Waals surface area contributed by atoms with Crippen LogP contribution in [0.4, 0.5) is 5.69 Å². The Hall–Kier alpha value is -2.42. The summed E-state index contributed by atoms with van der Waals surface area (Å²) in [6.07, 6.45) is 3.50. The van der Waals surface area contributed by atoms with Gasteiger partial charge < -0.3 is 0 Å². The van der Waals surface area contributed by atoms with Crippen LogP contribution in [0, 0.1) is 5.41 Å². The van der Waals surface area contributed by atoms with Crippen LogP contribution >= 0.6 is 0 Å². The molecular weight excluding hydrogens is 260 g/mol. The number of amides is 1. The average Bonchev–Trinajstić information content (AvgIpc) is 2.55. The smallest absolute Gasteiger partial charge is 0.240 e. The molecule has 0 unspecified atom stereocenters. The quantitative estimate of drug-likeness (QED) is 0.635. The molecule has 1 aromatic carbocycles. The molecule has 0 radical (unpaired) electrons. The summed E-state index contributed by atoms with van der Waals surface area (Å²) in [5, 5.41) is 0. The van der Waals surface area contributed by atoms with Crippen LogP contribution < -0.4 is 4.90 Å². The molecule has 3 nitrogen and oxygen atoms in total. The standard InChI is InChI=1S/C18H18N2O/c1-4-17(2)16(21)20(14-10-6-5-7-11-14)18(17,3)15-12-8-9-13-19-15/h4-13H,1H2,2-3H3/t17-,18+/m0/s1. The molecule has 3 rings (SSSR count). The predicted octanol–water partition coefficient (Wildman–Crippen LogP) is 3.54. The van der Waals surface area contributed by atoms with E-state index in [0.717, 1.165) is 11.4 Å². The van der Waals surface area contributed by atoms with Gasteiger partial charge in [-0.1, -0.05) is 30.3 Å². The molecule has 1 amide bonds. The lowest BCUT2D eigenvalue weighted by Gasteiger charge is -2.60. The lowest BCUT2D eigenvalue weighted by atomic mass is 9.60. The van der Waals surface area contributed by atoms with Gasteiger partial charge in [-0.2, -0.15) is 0 Å². The normalized spacial score (nSPS) is 28.1. The van der Waals surface area contributed by atoms with Gasteiger partial charge in [0, 0.05) is 11.9 Å². The van der Waals surface area contributed by atoms with Crippen LogP contribution in [0.2, 0.25) is 0 Å². The van der Waals surface area contributed by atoms with Crippen molar-refractivity contribution >= 4 is 11.6 Å². The summed E-state index contributed by atoms with van der Waals surface area (Å²) in [5.41, 5.74) is 0.567. The molecule has 0 bridgehead atoms. The van der Waals surface area contributed by atoms with Crippen LogP contribution in [0.25, 0.3) is 0 Å². The molecule has 1 fully saturated rings. The number of nitrogens with zero attached hydrogens (tertiary/aromatic N) is 2. The third-order valence-electron chi connectivity index (χ3n) is 4.69. The van der Waals surface area contributed by atoms with Crippen molar-refractivity contribution in [3.8, 4) is 0 Å². The largest absolute Gasteiger partial charge is 0.299 e. The second kappa shape index (κ2) is 4.55. The Labute approximate surface area is 124 Å². The van der Waals surface area contributed by atoms with Crippen LogP contribution in [-0.2, 0) is 10.3 Å². The van der Waals surface area contributed by atoms with Gasteiger partial charge in [-0.3, -0.25) is 14.7 Å². The van der Waals surface area contributed by atoms with Crippen molar-refractivity contribution in [1.29, 1.82) is 0 Å². The fourth-order valence-corrected chi connectivity index (χ4v) is 3.09. The molecule has 0 spiro atoms. The number of pyridine rings is 1. The predicted molar refractivity (Wildman–Crippen MR) is 83.8 cm³/mol. The number of β-lactam (4-membered cyclic amide) rings is 1. The summed E-state index contributed by atoms with van der Waals surface area (Å²) in [4.78, 5) is 19.0. The highest BCUT2D eigenvalue weighted by atomic mass is 16.2. The minimum absolute atomic E-state index is 0.0526. The van der Waals surface area contributed by atoms with E-state index in [1.54, 1.807) is 12.3 Å². The van der Waals surface area contributed by atoms with Crippen LogP contribution in [0.5, 0.6) is 0 Å². The molecular formula is C18H18N2O. The fourth-order valence-electron chi connectivity index (χ4n) is 3.09. The Kier molecular flexibility index (Phi) is 2.94. The second-order valence-electron chi connectivity index (χ2n) is 5.67.